The average Bonchev–Trinajstić information content (AvgIpc) is 3.05. The van der Waals surface area contributed by atoms with Crippen LogP contribution >= 0.6 is 11.6 Å². The van der Waals surface area contributed by atoms with Gasteiger partial charge in [0, 0.05) is 16.4 Å². The van der Waals surface area contributed by atoms with Gasteiger partial charge in [0.2, 0.25) is 0 Å². The highest BCUT2D eigenvalue weighted by molar-refractivity contribution is 7.91. The number of amides is 1. The van der Waals surface area contributed by atoms with Gasteiger partial charge >= 0.3 is 0 Å². The number of benzene rings is 1. The summed E-state index contributed by atoms with van der Waals surface area (Å²) in [5.41, 5.74) is 2.54. The molecule has 3 rings (SSSR count). The number of rotatable bonds is 3. The van der Waals surface area contributed by atoms with Crippen LogP contribution in [0.25, 0.3) is 0 Å². The van der Waals surface area contributed by atoms with E-state index < -0.39 is 9.84 Å². The lowest BCUT2D eigenvalue weighted by Crippen LogP contribution is -2.16. The van der Waals surface area contributed by atoms with E-state index in [0.717, 1.165) is 11.3 Å². The number of halogens is 1. The third kappa shape index (κ3) is 3.47. The fourth-order valence-corrected chi connectivity index (χ4v) is 4.67. The Morgan fingerprint density at radius 1 is 1.33 bits per heavy atom. The van der Waals surface area contributed by atoms with E-state index in [1.807, 2.05) is 19.9 Å². The van der Waals surface area contributed by atoms with Gasteiger partial charge in [-0.15, -0.1) is 0 Å². The summed E-state index contributed by atoms with van der Waals surface area (Å²) >= 11 is 6.06. The lowest BCUT2D eigenvalue weighted by Gasteiger charge is -2.10. The molecule has 0 spiro atoms. The lowest BCUT2D eigenvalue weighted by atomic mass is 10.2. The van der Waals surface area contributed by atoms with Crippen LogP contribution in [0.15, 0.2) is 24.3 Å². The predicted molar refractivity (Wildman–Crippen MR) is 93.4 cm³/mol. The first kappa shape index (κ1) is 17.0. The molecule has 1 aliphatic rings. The molecule has 0 saturated carbocycles. The number of carbonyl (C=O) groups excluding carboxylic acids is 1. The number of hydrogen-bond donors (Lipinski definition) is 1. The summed E-state index contributed by atoms with van der Waals surface area (Å²) < 4.78 is 24.9. The van der Waals surface area contributed by atoms with Gasteiger partial charge in [-0.05, 0) is 44.0 Å². The Hall–Kier alpha value is -1.86. The van der Waals surface area contributed by atoms with Gasteiger partial charge in [-0.3, -0.25) is 9.48 Å². The summed E-state index contributed by atoms with van der Waals surface area (Å²) in [7, 11) is -3.00. The van der Waals surface area contributed by atoms with Crippen molar-refractivity contribution in [2.24, 2.45) is 0 Å². The standard InChI is InChI=1S/C16H18ClN3O3S/c1-10-3-4-12(8-14(10)17)18-16(21)15-7-11(2)20(19-15)13-5-6-24(22,23)9-13/h3-4,7-8,13H,5-6,9H2,1-2H3,(H,18,21). The van der Waals surface area contributed by atoms with Gasteiger partial charge in [0.1, 0.15) is 0 Å². The van der Waals surface area contributed by atoms with Gasteiger partial charge in [-0.1, -0.05) is 17.7 Å². The molecule has 2 aromatic rings. The average molecular weight is 368 g/mol. The summed E-state index contributed by atoms with van der Waals surface area (Å²) in [6.07, 6.45) is 0.527. The van der Waals surface area contributed by atoms with Crippen LogP contribution in [-0.2, 0) is 9.84 Å². The number of hydrogen-bond acceptors (Lipinski definition) is 4. The lowest BCUT2D eigenvalue weighted by molar-refractivity contribution is 0.102. The molecule has 1 amide bonds. The number of nitrogens with zero attached hydrogens (tertiary/aromatic N) is 2. The maximum absolute atomic E-state index is 12.4. The second-order valence-electron chi connectivity index (χ2n) is 6.09. The normalized spacial score (nSPS) is 19.4. The highest BCUT2D eigenvalue weighted by Gasteiger charge is 2.31. The third-order valence-electron chi connectivity index (χ3n) is 4.14. The van der Waals surface area contributed by atoms with Crippen LogP contribution < -0.4 is 5.32 Å². The number of aromatic nitrogens is 2. The number of carbonyl (C=O) groups is 1. The molecule has 1 aromatic heterocycles. The maximum Gasteiger partial charge on any atom is 0.276 e. The molecular weight excluding hydrogens is 350 g/mol. The molecule has 1 atom stereocenters. The van der Waals surface area contributed by atoms with Crippen LogP contribution in [0.3, 0.4) is 0 Å². The zero-order valence-corrected chi connectivity index (χ0v) is 15.0. The summed E-state index contributed by atoms with van der Waals surface area (Å²) in [6.45, 7) is 3.70. The molecule has 1 unspecified atom stereocenters. The Kier molecular flexibility index (Phi) is 4.40. The molecular formula is C16H18ClN3O3S. The SMILES string of the molecule is Cc1ccc(NC(=O)c2cc(C)n(C3CCS(=O)(=O)C3)n2)cc1Cl. The van der Waals surface area contributed by atoms with Crippen LogP contribution in [0.4, 0.5) is 5.69 Å². The second kappa shape index (κ2) is 6.22. The van der Waals surface area contributed by atoms with E-state index in [9.17, 15) is 13.2 Å². The number of anilines is 1. The number of sulfone groups is 1. The van der Waals surface area contributed by atoms with Crippen LogP contribution in [-0.4, -0.2) is 35.6 Å². The molecule has 0 bridgehead atoms. The fourth-order valence-electron chi connectivity index (χ4n) is 2.80. The first-order valence-corrected chi connectivity index (χ1v) is 9.79. The molecule has 1 aliphatic heterocycles. The van der Waals surface area contributed by atoms with E-state index in [2.05, 4.69) is 10.4 Å². The summed E-state index contributed by atoms with van der Waals surface area (Å²) in [6, 6.07) is 6.74. The predicted octanol–water partition coefficient (Wildman–Crippen LogP) is 2.77. The molecule has 24 heavy (non-hydrogen) atoms. The minimum Gasteiger partial charge on any atom is -0.321 e. The van der Waals surface area contributed by atoms with Crippen molar-refractivity contribution in [1.29, 1.82) is 0 Å². The molecule has 1 fully saturated rings. The zero-order chi connectivity index (χ0) is 17.5. The first-order chi connectivity index (χ1) is 11.2. The van der Waals surface area contributed by atoms with Gasteiger partial charge in [-0.2, -0.15) is 5.10 Å². The number of aryl methyl sites for hydroxylation is 2. The van der Waals surface area contributed by atoms with Crippen molar-refractivity contribution in [3.8, 4) is 0 Å². The minimum absolute atomic E-state index is 0.0736. The van der Waals surface area contributed by atoms with E-state index in [1.165, 1.54) is 0 Å². The largest absolute Gasteiger partial charge is 0.321 e. The van der Waals surface area contributed by atoms with Crippen molar-refractivity contribution < 1.29 is 13.2 Å². The van der Waals surface area contributed by atoms with Crippen molar-refractivity contribution in [2.45, 2.75) is 26.3 Å². The maximum atomic E-state index is 12.4. The molecule has 2 heterocycles. The molecule has 6 nitrogen and oxygen atoms in total. The van der Waals surface area contributed by atoms with E-state index in [1.54, 1.807) is 22.9 Å². The smallest absolute Gasteiger partial charge is 0.276 e. The topological polar surface area (TPSA) is 81.1 Å². The highest BCUT2D eigenvalue weighted by atomic mass is 35.5. The van der Waals surface area contributed by atoms with E-state index in [4.69, 9.17) is 11.6 Å². The van der Waals surface area contributed by atoms with E-state index >= 15 is 0 Å². The molecule has 8 heteroatoms. The van der Waals surface area contributed by atoms with Crippen LogP contribution in [0.2, 0.25) is 5.02 Å². The first-order valence-electron chi connectivity index (χ1n) is 7.59. The minimum atomic E-state index is -3.00. The molecule has 128 valence electrons. The Morgan fingerprint density at radius 2 is 2.08 bits per heavy atom. The summed E-state index contributed by atoms with van der Waals surface area (Å²) in [5.74, 6) is -0.109. The van der Waals surface area contributed by atoms with Crippen molar-refractivity contribution >= 4 is 33.0 Å². The van der Waals surface area contributed by atoms with Gasteiger partial charge in [0.25, 0.3) is 5.91 Å². The van der Waals surface area contributed by atoms with E-state index in [-0.39, 0.29) is 29.1 Å². The Morgan fingerprint density at radius 3 is 2.71 bits per heavy atom. The van der Waals surface area contributed by atoms with Gasteiger partial charge in [-0.25, -0.2) is 8.42 Å². The van der Waals surface area contributed by atoms with Crippen molar-refractivity contribution in [1.82, 2.24) is 9.78 Å². The second-order valence-corrected chi connectivity index (χ2v) is 8.73. The van der Waals surface area contributed by atoms with Gasteiger partial charge < -0.3 is 5.32 Å². The van der Waals surface area contributed by atoms with Crippen LogP contribution in [0.5, 0.6) is 0 Å². The van der Waals surface area contributed by atoms with Crippen molar-refractivity contribution in [3.63, 3.8) is 0 Å². The fraction of sp³-hybridized carbons (Fsp3) is 0.375. The van der Waals surface area contributed by atoms with E-state index in [0.29, 0.717) is 17.1 Å². The van der Waals surface area contributed by atoms with Crippen molar-refractivity contribution in [2.75, 3.05) is 16.8 Å². The Labute approximate surface area is 145 Å². The van der Waals surface area contributed by atoms with Crippen LogP contribution in [0, 0.1) is 13.8 Å². The summed E-state index contributed by atoms with van der Waals surface area (Å²) in [5, 5.41) is 7.63. The zero-order valence-electron chi connectivity index (χ0n) is 13.4. The summed E-state index contributed by atoms with van der Waals surface area (Å²) in [4.78, 5) is 12.4. The molecule has 1 N–H and O–H groups in total. The molecule has 0 aliphatic carbocycles. The number of nitrogens with one attached hydrogen (secondary N) is 1. The van der Waals surface area contributed by atoms with Gasteiger partial charge in [0.15, 0.2) is 15.5 Å². The monoisotopic (exact) mass is 367 g/mol. The highest BCUT2D eigenvalue weighted by Crippen LogP contribution is 2.25. The Bertz CT molecular complexity index is 905. The van der Waals surface area contributed by atoms with Crippen molar-refractivity contribution in [3.05, 3.63) is 46.2 Å². The third-order valence-corrected chi connectivity index (χ3v) is 6.30. The molecule has 1 saturated heterocycles. The quantitative estimate of drug-likeness (QED) is 0.904. The van der Waals surface area contributed by atoms with Crippen LogP contribution in [0.1, 0.15) is 34.2 Å². The molecule has 1 aromatic carbocycles. The van der Waals surface area contributed by atoms with Gasteiger partial charge in [0.05, 0.1) is 17.5 Å². The Balaban J connectivity index is 1.79. The molecule has 0 radical (unpaired) electrons.